The van der Waals surface area contributed by atoms with Crippen LogP contribution in [0.5, 0.6) is 0 Å². The minimum absolute atomic E-state index is 0.0256. The second-order valence-corrected chi connectivity index (χ2v) is 5.42. The third-order valence-electron chi connectivity index (χ3n) is 3.69. The van der Waals surface area contributed by atoms with Gasteiger partial charge in [0, 0.05) is 19.2 Å². The molecule has 0 spiro atoms. The Morgan fingerprint density at radius 2 is 2.27 bits per heavy atom. The number of fused-ring (bicyclic) bond motifs is 1. The fraction of sp³-hybridized carbons (Fsp3) is 0.846. The second-order valence-electron chi connectivity index (χ2n) is 5.42. The summed E-state index contributed by atoms with van der Waals surface area (Å²) in [6.07, 6.45) is 7.38. The maximum absolute atomic E-state index is 5.68. The number of hydrogen-bond acceptors (Lipinski definition) is 2. The third kappa shape index (κ3) is 2.43. The highest BCUT2D eigenvalue weighted by Gasteiger charge is 2.41. The lowest BCUT2D eigenvalue weighted by Crippen LogP contribution is -2.52. The molecule has 1 fully saturated rings. The van der Waals surface area contributed by atoms with E-state index in [1.54, 1.807) is 0 Å². The first-order chi connectivity index (χ1) is 7.12. The Hall–Kier alpha value is -0.340. The van der Waals surface area contributed by atoms with Crippen molar-refractivity contribution in [3.8, 4) is 0 Å². The van der Waals surface area contributed by atoms with E-state index in [1.807, 2.05) is 0 Å². The summed E-state index contributed by atoms with van der Waals surface area (Å²) in [5.41, 5.74) is -0.0256. The summed E-state index contributed by atoms with van der Waals surface area (Å²) in [6.45, 7) is 8.13. The molecular formula is C13H23NO. The fourth-order valence-corrected chi connectivity index (χ4v) is 2.77. The van der Waals surface area contributed by atoms with Crippen LogP contribution < -0.4 is 5.32 Å². The van der Waals surface area contributed by atoms with Crippen LogP contribution in [0.4, 0.5) is 0 Å². The van der Waals surface area contributed by atoms with Gasteiger partial charge >= 0.3 is 0 Å². The predicted molar refractivity (Wildman–Crippen MR) is 62.8 cm³/mol. The Morgan fingerprint density at radius 1 is 1.47 bits per heavy atom. The highest BCUT2D eigenvalue weighted by molar-refractivity contribution is 5.13. The van der Waals surface area contributed by atoms with Gasteiger partial charge < -0.3 is 10.1 Å². The summed E-state index contributed by atoms with van der Waals surface area (Å²) >= 11 is 0. The SMILES string of the molecule is CCOC(C)(C)CNC1CC2CC=CC21. The molecule has 15 heavy (non-hydrogen) atoms. The molecule has 2 heteroatoms. The Balaban J connectivity index is 1.72. The lowest BCUT2D eigenvalue weighted by molar-refractivity contribution is -0.0161. The average molecular weight is 209 g/mol. The van der Waals surface area contributed by atoms with E-state index in [0.717, 1.165) is 25.0 Å². The molecule has 0 saturated heterocycles. The highest BCUT2D eigenvalue weighted by Crippen LogP contribution is 2.42. The van der Waals surface area contributed by atoms with Gasteiger partial charge in [-0.1, -0.05) is 12.2 Å². The molecule has 0 aliphatic heterocycles. The fourth-order valence-electron chi connectivity index (χ4n) is 2.77. The van der Waals surface area contributed by atoms with Crippen LogP contribution in [-0.4, -0.2) is 24.8 Å². The van der Waals surface area contributed by atoms with Crippen molar-refractivity contribution in [3.05, 3.63) is 12.2 Å². The van der Waals surface area contributed by atoms with E-state index in [4.69, 9.17) is 4.74 Å². The summed E-state index contributed by atoms with van der Waals surface area (Å²) in [5, 5.41) is 3.64. The molecule has 1 N–H and O–H groups in total. The van der Waals surface area contributed by atoms with E-state index in [1.165, 1.54) is 12.8 Å². The largest absolute Gasteiger partial charge is 0.375 e. The molecule has 0 heterocycles. The van der Waals surface area contributed by atoms with Crippen molar-refractivity contribution in [1.29, 1.82) is 0 Å². The zero-order valence-electron chi connectivity index (χ0n) is 10.1. The van der Waals surface area contributed by atoms with Crippen molar-refractivity contribution in [3.63, 3.8) is 0 Å². The van der Waals surface area contributed by atoms with Crippen molar-refractivity contribution in [2.75, 3.05) is 13.2 Å². The van der Waals surface area contributed by atoms with Gasteiger partial charge in [-0.3, -0.25) is 0 Å². The quantitative estimate of drug-likeness (QED) is 0.702. The number of ether oxygens (including phenoxy) is 1. The first-order valence-corrected chi connectivity index (χ1v) is 6.16. The minimum Gasteiger partial charge on any atom is -0.375 e. The molecule has 2 nitrogen and oxygen atoms in total. The van der Waals surface area contributed by atoms with Crippen molar-refractivity contribution in [2.45, 2.75) is 45.3 Å². The average Bonchev–Trinajstić information content (AvgIpc) is 2.47. The molecule has 2 aliphatic carbocycles. The van der Waals surface area contributed by atoms with Crippen LogP contribution in [0.1, 0.15) is 33.6 Å². The van der Waals surface area contributed by atoms with Crippen molar-refractivity contribution < 1.29 is 4.74 Å². The van der Waals surface area contributed by atoms with E-state index in [-0.39, 0.29) is 5.60 Å². The molecule has 86 valence electrons. The van der Waals surface area contributed by atoms with E-state index in [2.05, 4.69) is 38.2 Å². The molecule has 0 radical (unpaired) electrons. The zero-order valence-corrected chi connectivity index (χ0v) is 10.1. The third-order valence-corrected chi connectivity index (χ3v) is 3.69. The standard InChI is InChI=1S/C13H23NO/c1-4-15-13(2,3)9-14-12-8-10-6-5-7-11(10)12/h5,7,10-12,14H,4,6,8-9H2,1-3H3. The molecule has 0 aromatic heterocycles. The maximum Gasteiger partial charge on any atom is 0.0750 e. The molecule has 0 aromatic rings. The van der Waals surface area contributed by atoms with Gasteiger partial charge in [0.1, 0.15) is 0 Å². The van der Waals surface area contributed by atoms with Crippen molar-refractivity contribution in [2.24, 2.45) is 11.8 Å². The Labute approximate surface area is 93.1 Å². The first kappa shape index (κ1) is 11.2. The Bertz CT molecular complexity index is 247. The minimum atomic E-state index is -0.0256. The van der Waals surface area contributed by atoms with Crippen LogP contribution in [0.25, 0.3) is 0 Å². The smallest absolute Gasteiger partial charge is 0.0750 e. The van der Waals surface area contributed by atoms with Crippen LogP contribution in [-0.2, 0) is 4.74 Å². The molecule has 3 atom stereocenters. The van der Waals surface area contributed by atoms with Gasteiger partial charge in [0.15, 0.2) is 0 Å². The van der Waals surface area contributed by atoms with Gasteiger partial charge in [-0.15, -0.1) is 0 Å². The van der Waals surface area contributed by atoms with Crippen LogP contribution in [0, 0.1) is 11.8 Å². The van der Waals surface area contributed by atoms with Gasteiger partial charge in [0.05, 0.1) is 5.60 Å². The normalized spacial score (nSPS) is 33.9. The van der Waals surface area contributed by atoms with E-state index in [9.17, 15) is 0 Å². The van der Waals surface area contributed by atoms with Crippen LogP contribution in [0.15, 0.2) is 12.2 Å². The molecular weight excluding hydrogens is 186 g/mol. The van der Waals surface area contributed by atoms with Gasteiger partial charge in [0.25, 0.3) is 0 Å². The summed E-state index contributed by atoms with van der Waals surface area (Å²) in [6, 6.07) is 0.702. The van der Waals surface area contributed by atoms with Crippen molar-refractivity contribution in [1.82, 2.24) is 5.32 Å². The predicted octanol–water partition coefficient (Wildman–Crippen LogP) is 2.36. The Kier molecular flexibility index (Phi) is 3.17. The van der Waals surface area contributed by atoms with Crippen LogP contribution in [0.3, 0.4) is 0 Å². The molecule has 0 amide bonds. The number of rotatable bonds is 5. The van der Waals surface area contributed by atoms with Crippen LogP contribution in [0.2, 0.25) is 0 Å². The van der Waals surface area contributed by atoms with E-state index < -0.39 is 0 Å². The molecule has 2 rings (SSSR count). The Morgan fingerprint density at radius 3 is 2.93 bits per heavy atom. The summed E-state index contributed by atoms with van der Waals surface area (Å²) in [7, 11) is 0. The van der Waals surface area contributed by atoms with Crippen LogP contribution >= 0.6 is 0 Å². The maximum atomic E-state index is 5.68. The molecule has 0 bridgehead atoms. The summed E-state index contributed by atoms with van der Waals surface area (Å²) in [5.74, 6) is 1.75. The summed E-state index contributed by atoms with van der Waals surface area (Å²) < 4.78 is 5.68. The molecule has 2 aliphatic rings. The van der Waals surface area contributed by atoms with E-state index in [0.29, 0.717) is 6.04 Å². The van der Waals surface area contributed by atoms with Crippen molar-refractivity contribution >= 4 is 0 Å². The highest BCUT2D eigenvalue weighted by atomic mass is 16.5. The lowest BCUT2D eigenvalue weighted by atomic mass is 9.71. The number of allylic oxidation sites excluding steroid dienone is 1. The zero-order chi connectivity index (χ0) is 10.9. The second kappa shape index (κ2) is 4.26. The van der Waals surface area contributed by atoms with Gasteiger partial charge in [-0.25, -0.2) is 0 Å². The monoisotopic (exact) mass is 209 g/mol. The molecule has 0 aromatic carbocycles. The first-order valence-electron chi connectivity index (χ1n) is 6.16. The number of hydrogen-bond donors (Lipinski definition) is 1. The van der Waals surface area contributed by atoms with E-state index >= 15 is 0 Å². The lowest BCUT2D eigenvalue weighted by Gasteiger charge is -2.42. The molecule has 3 unspecified atom stereocenters. The molecule has 1 saturated carbocycles. The van der Waals surface area contributed by atoms with Gasteiger partial charge in [-0.05, 0) is 45.4 Å². The topological polar surface area (TPSA) is 21.3 Å². The van der Waals surface area contributed by atoms with Gasteiger partial charge in [-0.2, -0.15) is 0 Å². The van der Waals surface area contributed by atoms with Gasteiger partial charge in [0.2, 0.25) is 0 Å². The number of nitrogens with one attached hydrogen (secondary N) is 1. The summed E-state index contributed by atoms with van der Waals surface area (Å²) in [4.78, 5) is 0.